The summed E-state index contributed by atoms with van der Waals surface area (Å²) in [4.78, 5) is 18.4. The zero-order valence-corrected chi connectivity index (χ0v) is 17.8. The lowest BCUT2D eigenvalue weighted by Crippen LogP contribution is -2.33. The number of benzene rings is 3. The van der Waals surface area contributed by atoms with Crippen molar-refractivity contribution in [3.05, 3.63) is 106 Å². The summed E-state index contributed by atoms with van der Waals surface area (Å²) in [5.74, 6) is 0.535. The van der Waals surface area contributed by atoms with Gasteiger partial charge in [-0.25, -0.2) is 9.37 Å². The second kappa shape index (κ2) is 7.31. The first-order chi connectivity index (χ1) is 15.6. The lowest BCUT2D eigenvalue weighted by molar-refractivity contribution is -0.116. The standard InChI is InChI=1S/C26H19ClFN3O/c27-18-9-5-16(6-10-18)25-24-21(30-26-29-20-3-1-2-4-22(20)31(25)26)13-17(14-23(24)32)15-7-11-19(28)12-8-15/h1-12,17,25H,13-14H2,(H,29,30). The van der Waals surface area contributed by atoms with E-state index >= 15 is 0 Å². The van der Waals surface area contributed by atoms with Gasteiger partial charge in [0.05, 0.1) is 17.1 Å². The van der Waals surface area contributed by atoms with Gasteiger partial charge in [-0.05, 0) is 59.9 Å². The molecule has 3 aromatic carbocycles. The van der Waals surface area contributed by atoms with Crippen LogP contribution in [0.5, 0.6) is 0 Å². The third-order valence-electron chi connectivity index (χ3n) is 6.43. The molecule has 0 amide bonds. The van der Waals surface area contributed by atoms with E-state index in [1.54, 1.807) is 12.1 Å². The number of aromatic nitrogens is 2. The highest BCUT2D eigenvalue weighted by molar-refractivity contribution is 6.30. The molecule has 0 fully saturated rings. The Labute approximate surface area is 189 Å². The molecular weight excluding hydrogens is 425 g/mol. The topological polar surface area (TPSA) is 46.9 Å². The molecule has 0 bridgehead atoms. The fraction of sp³-hybridized carbons (Fsp3) is 0.154. The highest BCUT2D eigenvalue weighted by Gasteiger charge is 2.39. The van der Waals surface area contributed by atoms with Gasteiger partial charge in [0, 0.05) is 22.7 Å². The zero-order valence-electron chi connectivity index (χ0n) is 17.1. The molecule has 158 valence electrons. The van der Waals surface area contributed by atoms with E-state index in [0.29, 0.717) is 17.9 Å². The van der Waals surface area contributed by atoms with E-state index in [9.17, 15) is 9.18 Å². The summed E-state index contributed by atoms with van der Waals surface area (Å²) in [7, 11) is 0. The van der Waals surface area contributed by atoms with Crippen molar-refractivity contribution >= 4 is 34.4 Å². The number of hydrogen-bond acceptors (Lipinski definition) is 3. The summed E-state index contributed by atoms with van der Waals surface area (Å²) >= 11 is 6.15. The van der Waals surface area contributed by atoms with Crippen molar-refractivity contribution in [2.24, 2.45) is 0 Å². The Morgan fingerprint density at radius 3 is 2.44 bits per heavy atom. The number of fused-ring (bicyclic) bond motifs is 3. The minimum Gasteiger partial charge on any atom is -0.329 e. The zero-order chi connectivity index (χ0) is 21.8. The Morgan fingerprint density at radius 1 is 0.938 bits per heavy atom. The number of para-hydroxylation sites is 2. The molecule has 6 heteroatoms. The number of hydrogen-bond donors (Lipinski definition) is 1. The molecule has 0 saturated carbocycles. The molecule has 4 aromatic rings. The summed E-state index contributed by atoms with van der Waals surface area (Å²) in [6, 6.07) is 21.8. The maximum atomic E-state index is 13.6. The number of halogens is 2. The normalized spacial score (nSPS) is 20.1. The third kappa shape index (κ3) is 3.04. The van der Waals surface area contributed by atoms with Crippen LogP contribution in [0.4, 0.5) is 10.3 Å². The molecule has 1 aliphatic heterocycles. The molecule has 4 nitrogen and oxygen atoms in total. The summed E-state index contributed by atoms with van der Waals surface area (Å²) < 4.78 is 15.5. The summed E-state index contributed by atoms with van der Waals surface area (Å²) in [5, 5.41) is 4.10. The molecule has 0 spiro atoms. The maximum Gasteiger partial charge on any atom is 0.209 e. The fourth-order valence-electron chi connectivity index (χ4n) is 4.96. The average Bonchev–Trinajstić information content (AvgIpc) is 3.17. The van der Waals surface area contributed by atoms with Crippen molar-refractivity contribution in [1.82, 2.24) is 9.55 Å². The van der Waals surface area contributed by atoms with E-state index in [0.717, 1.165) is 39.4 Å². The third-order valence-corrected chi connectivity index (χ3v) is 6.68. The largest absolute Gasteiger partial charge is 0.329 e. The molecule has 0 saturated heterocycles. The minimum absolute atomic E-state index is 0.00357. The predicted molar refractivity (Wildman–Crippen MR) is 123 cm³/mol. The van der Waals surface area contributed by atoms with Crippen LogP contribution in [0, 0.1) is 5.82 Å². The quantitative estimate of drug-likeness (QED) is 0.398. The second-order valence-corrected chi connectivity index (χ2v) is 8.78. The van der Waals surface area contributed by atoms with Crippen LogP contribution in [0.3, 0.4) is 0 Å². The van der Waals surface area contributed by atoms with E-state index in [1.807, 2.05) is 48.5 Å². The van der Waals surface area contributed by atoms with Gasteiger partial charge in [-0.15, -0.1) is 0 Å². The molecule has 6 rings (SSSR count). The number of carbonyl (C=O) groups excluding carboxylic acids is 1. The van der Waals surface area contributed by atoms with Gasteiger partial charge in [-0.1, -0.05) is 48.0 Å². The maximum absolute atomic E-state index is 13.6. The first-order valence-corrected chi connectivity index (χ1v) is 11.0. The van der Waals surface area contributed by atoms with Gasteiger partial charge in [0.15, 0.2) is 5.78 Å². The van der Waals surface area contributed by atoms with Crippen LogP contribution in [-0.2, 0) is 4.79 Å². The van der Waals surface area contributed by atoms with E-state index in [2.05, 4.69) is 9.88 Å². The van der Waals surface area contributed by atoms with Crippen molar-refractivity contribution in [2.45, 2.75) is 24.8 Å². The van der Waals surface area contributed by atoms with Crippen molar-refractivity contribution in [2.75, 3.05) is 5.32 Å². The average molecular weight is 444 g/mol. The SMILES string of the molecule is O=C1CC(c2ccc(F)cc2)CC2=C1C(c1ccc(Cl)cc1)n1c(nc3ccccc31)N2. The van der Waals surface area contributed by atoms with Crippen LogP contribution in [0.25, 0.3) is 11.0 Å². The lowest BCUT2D eigenvalue weighted by Gasteiger charge is -2.36. The number of nitrogens with one attached hydrogen (secondary N) is 1. The van der Waals surface area contributed by atoms with Crippen LogP contribution in [-0.4, -0.2) is 15.3 Å². The second-order valence-electron chi connectivity index (χ2n) is 8.35. The van der Waals surface area contributed by atoms with Crippen molar-refractivity contribution < 1.29 is 9.18 Å². The van der Waals surface area contributed by atoms with Gasteiger partial charge in [0.2, 0.25) is 5.95 Å². The fourth-order valence-corrected chi connectivity index (χ4v) is 5.08. The van der Waals surface area contributed by atoms with Gasteiger partial charge in [0.25, 0.3) is 0 Å². The van der Waals surface area contributed by atoms with E-state index in [4.69, 9.17) is 16.6 Å². The first kappa shape index (κ1) is 19.3. The number of ketones is 1. The van der Waals surface area contributed by atoms with E-state index in [1.165, 1.54) is 12.1 Å². The Bertz CT molecular complexity index is 1390. The molecule has 2 heterocycles. The number of Topliss-reactive ketones (excluding diaryl/α,β-unsaturated/α-hetero) is 1. The van der Waals surface area contributed by atoms with Crippen molar-refractivity contribution in [3.8, 4) is 0 Å². The summed E-state index contributed by atoms with van der Waals surface area (Å²) in [6.07, 6.45) is 1.05. The number of rotatable bonds is 2. The Hall–Kier alpha value is -3.44. The van der Waals surface area contributed by atoms with Gasteiger partial charge >= 0.3 is 0 Å². The highest BCUT2D eigenvalue weighted by atomic mass is 35.5. The summed E-state index contributed by atoms with van der Waals surface area (Å²) in [6.45, 7) is 0. The molecule has 2 unspecified atom stereocenters. The molecule has 2 atom stereocenters. The molecule has 1 aliphatic carbocycles. The Kier molecular flexibility index (Phi) is 4.40. The van der Waals surface area contributed by atoms with Crippen LogP contribution in [0.15, 0.2) is 84.1 Å². The van der Waals surface area contributed by atoms with Crippen molar-refractivity contribution in [3.63, 3.8) is 0 Å². The molecule has 2 aliphatic rings. The molecule has 1 aromatic heterocycles. The first-order valence-electron chi connectivity index (χ1n) is 10.6. The number of allylic oxidation sites excluding steroid dienone is 2. The number of imidazole rings is 1. The number of nitrogens with zero attached hydrogens (tertiary/aromatic N) is 2. The van der Waals surface area contributed by atoms with Crippen molar-refractivity contribution in [1.29, 1.82) is 0 Å². The van der Waals surface area contributed by atoms with Gasteiger partial charge < -0.3 is 5.32 Å². The van der Waals surface area contributed by atoms with Crippen LogP contribution >= 0.6 is 11.6 Å². The summed E-state index contributed by atoms with van der Waals surface area (Å²) in [5.41, 5.74) is 5.45. The lowest BCUT2D eigenvalue weighted by atomic mass is 9.77. The minimum atomic E-state index is -0.285. The predicted octanol–water partition coefficient (Wildman–Crippen LogP) is 6.24. The molecule has 1 N–H and O–H groups in total. The molecule has 0 radical (unpaired) electrons. The van der Waals surface area contributed by atoms with Crippen LogP contribution < -0.4 is 5.32 Å². The number of anilines is 1. The smallest absolute Gasteiger partial charge is 0.209 e. The van der Waals surface area contributed by atoms with Crippen LogP contribution in [0.1, 0.15) is 35.9 Å². The van der Waals surface area contributed by atoms with Gasteiger partial charge in [-0.3, -0.25) is 9.36 Å². The Morgan fingerprint density at radius 2 is 1.66 bits per heavy atom. The van der Waals surface area contributed by atoms with E-state index < -0.39 is 0 Å². The molecule has 32 heavy (non-hydrogen) atoms. The van der Waals surface area contributed by atoms with Gasteiger partial charge in [0.1, 0.15) is 5.82 Å². The van der Waals surface area contributed by atoms with E-state index in [-0.39, 0.29) is 23.6 Å². The monoisotopic (exact) mass is 443 g/mol. The highest BCUT2D eigenvalue weighted by Crippen LogP contribution is 2.46. The Balaban J connectivity index is 1.51. The number of carbonyl (C=O) groups is 1. The molecular formula is C26H19ClFN3O. The van der Waals surface area contributed by atoms with Crippen LogP contribution in [0.2, 0.25) is 5.02 Å². The van der Waals surface area contributed by atoms with Gasteiger partial charge in [-0.2, -0.15) is 0 Å².